The molecule has 1 aliphatic heterocycles. The third-order valence-electron chi connectivity index (χ3n) is 5.62. The van der Waals surface area contributed by atoms with E-state index in [1.165, 1.54) is 0 Å². The molecule has 0 unspecified atom stereocenters. The fourth-order valence-electron chi connectivity index (χ4n) is 4.45. The van der Waals surface area contributed by atoms with E-state index in [0.29, 0.717) is 17.0 Å². The van der Waals surface area contributed by atoms with Gasteiger partial charge in [0.15, 0.2) is 0 Å². The molecule has 1 aliphatic rings. The summed E-state index contributed by atoms with van der Waals surface area (Å²) in [6, 6.07) is 2.05. The van der Waals surface area contributed by atoms with Crippen molar-refractivity contribution in [2.75, 3.05) is 14.2 Å². The molecule has 1 N–H and O–H groups in total. The number of hydrogen-bond donors (Lipinski definition) is 1. The second kappa shape index (κ2) is 10.1. The van der Waals surface area contributed by atoms with Crippen LogP contribution in [0.5, 0.6) is 5.75 Å². The largest absolute Gasteiger partial charge is 1.00 e. The summed E-state index contributed by atoms with van der Waals surface area (Å²) in [7, 11) is 3.49. The van der Waals surface area contributed by atoms with Crippen molar-refractivity contribution < 1.29 is 23.6 Å². The van der Waals surface area contributed by atoms with Crippen molar-refractivity contribution in [3.8, 4) is 11.4 Å². The monoisotopic (exact) mass is 427 g/mol. The zero-order valence-electron chi connectivity index (χ0n) is 20.3. The summed E-state index contributed by atoms with van der Waals surface area (Å²) >= 11 is 0. The average molecular weight is 428 g/mol. The number of nitrogens with one attached hydrogen (secondary N) is 1. The Bertz CT molecular complexity index is 964. The van der Waals surface area contributed by atoms with E-state index in [1.54, 1.807) is 38.0 Å². The maximum atomic E-state index is 10.7. The molecule has 1 saturated heterocycles. The van der Waals surface area contributed by atoms with Gasteiger partial charge in [0.25, 0.3) is 0 Å². The van der Waals surface area contributed by atoms with Gasteiger partial charge in [-0.05, 0) is 52.6 Å². The van der Waals surface area contributed by atoms with E-state index in [2.05, 4.69) is 43.0 Å². The van der Waals surface area contributed by atoms with Crippen LogP contribution in [0.4, 0.5) is 0 Å². The second-order valence-corrected chi connectivity index (χ2v) is 9.43. The topological polar surface area (TPSA) is 77.5 Å². The standard InChI is InChI=1S/C24H32N6O.Li/c1-17(22-20(31-7)12-18(15-27-22)30-11-10-26-16-30)8-9-21(25)29(6)19-13-23(2,3)28-24(4,5)14-19;/h1,8-12,15-16,19,28H,13-14H2,2-7H3;/q-2;+1/b9-8-;. The number of ether oxygens (including phenoxy) is 1. The van der Waals surface area contributed by atoms with Crippen LogP contribution in [-0.4, -0.2) is 56.5 Å². The predicted molar refractivity (Wildman–Crippen MR) is 125 cm³/mol. The first-order chi connectivity index (χ1) is 14.5. The van der Waals surface area contributed by atoms with Gasteiger partial charge in [0, 0.05) is 35.4 Å². The Hall–Kier alpha value is -2.33. The van der Waals surface area contributed by atoms with Crippen LogP contribution in [-0.2, 0) is 0 Å². The van der Waals surface area contributed by atoms with Crippen molar-refractivity contribution in [3.05, 3.63) is 60.8 Å². The first-order valence-electron chi connectivity index (χ1n) is 10.4. The molecule has 3 rings (SSSR count). The van der Waals surface area contributed by atoms with Crippen LogP contribution in [0.25, 0.3) is 16.7 Å². The number of likely N-dealkylation sites (N-methyl/N-ethyl adjacent to an activating group) is 1. The van der Waals surface area contributed by atoms with Gasteiger partial charge in [-0.2, -0.15) is 11.6 Å². The smallest absolute Gasteiger partial charge is 0.507 e. The number of imidazole rings is 1. The zero-order valence-corrected chi connectivity index (χ0v) is 20.3. The molecule has 2 aromatic rings. The molecule has 2 aromatic heterocycles. The molecule has 166 valence electrons. The molecule has 32 heavy (non-hydrogen) atoms. The molecule has 0 amide bonds. The molecular formula is C24H32LiN6O-. The summed E-state index contributed by atoms with van der Waals surface area (Å²) in [6.45, 7) is 15.0. The Labute approximate surface area is 203 Å². The number of allylic oxidation sites excluding steroid dienone is 2. The Balaban J connectivity index is 0.00000363. The predicted octanol–water partition coefficient (Wildman–Crippen LogP) is 0.861. The van der Waals surface area contributed by atoms with Gasteiger partial charge >= 0.3 is 18.9 Å². The van der Waals surface area contributed by atoms with Gasteiger partial charge in [-0.3, -0.25) is 0 Å². The summed E-state index contributed by atoms with van der Waals surface area (Å²) in [5.74, 6) is 0.707. The SMILES string of the molecule is [CH-]=C(/C=C\C(=[N-])N(C)C1CC(C)(C)NC(C)(C)C1)c1ncc(-n2ccnc2)cc1OC.[Li+]. The van der Waals surface area contributed by atoms with E-state index in [0.717, 1.165) is 18.5 Å². The zero-order chi connectivity index (χ0) is 22.8. The van der Waals surface area contributed by atoms with Crippen molar-refractivity contribution in [1.29, 1.82) is 0 Å². The van der Waals surface area contributed by atoms with Crippen LogP contribution in [0.1, 0.15) is 46.2 Å². The minimum atomic E-state index is -0.00983. The van der Waals surface area contributed by atoms with E-state index in [9.17, 15) is 5.41 Å². The number of rotatable bonds is 6. The van der Waals surface area contributed by atoms with Crippen LogP contribution in [0.3, 0.4) is 0 Å². The summed E-state index contributed by atoms with van der Waals surface area (Å²) in [5, 5.41) is 14.4. The number of amidine groups is 1. The van der Waals surface area contributed by atoms with E-state index >= 15 is 0 Å². The molecular weight excluding hydrogens is 395 g/mol. The maximum absolute atomic E-state index is 10.7. The van der Waals surface area contributed by atoms with Crippen molar-refractivity contribution >= 4 is 11.4 Å². The molecule has 0 spiro atoms. The first kappa shape index (κ1) is 25.9. The molecule has 0 bridgehead atoms. The number of piperidine rings is 1. The molecule has 0 saturated carbocycles. The number of aromatic nitrogens is 3. The molecule has 0 aromatic carbocycles. The number of methoxy groups -OCH3 is 1. The van der Waals surface area contributed by atoms with Crippen LogP contribution in [0, 0.1) is 6.58 Å². The Morgan fingerprint density at radius 3 is 2.50 bits per heavy atom. The van der Waals surface area contributed by atoms with Gasteiger partial charge in [0.2, 0.25) is 0 Å². The van der Waals surface area contributed by atoms with E-state index in [4.69, 9.17) is 11.3 Å². The summed E-state index contributed by atoms with van der Waals surface area (Å²) in [6.07, 6.45) is 12.0. The average Bonchev–Trinajstić information content (AvgIpc) is 3.23. The van der Waals surface area contributed by atoms with Gasteiger partial charge in [-0.25, -0.2) is 11.6 Å². The minimum absolute atomic E-state index is 0. The van der Waals surface area contributed by atoms with Gasteiger partial charge < -0.3 is 29.9 Å². The third-order valence-corrected chi connectivity index (χ3v) is 5.62. The summed E-state index contributed by atoms with van der Waals surface area (Å²) in [5.41, 5.74) is 1.72. The molecule has 7 nitrogen and oxygen atoms in total. The molecule has 0 radical (unpaired) electrons. The fraction of sp³-hybridized carbons (Fsp3) is 0.458. The van der Waals surface area contributed by atoms with Gasteiger partial charge in [0.05, 0.1) is 24.9 Å². The van der Waals surface area contributed by atoms with Crippen LogP contribution < -0.4 is 28.9 Å². The van der Waals surface area contributed by atoms with Crippen molar-refractivity contribution in [2.24, 2.45) is 0 Å². The van der Waals surface area contributed by atoms with E-state index < -0.39 is 0 Å². The normalized spacial score (nSPS) is 17.6. The molecule has 3 heterocycles. The Kier molecular flexibility index (Phi) is 8.16. The van der Waals surface area contributed by atoms with Crippen LogP contribution >= 0.6 is 0 Å². The number of nitrogens with zero attached hydrogens (tertiary/aromatic N) is 5. The second-order valence-electron chi connectivity index (χ2n) is 9.43. The minimum Gasteiger partial charge on any atom is -0.507 e. The quantitative estimate of drug-likeness (QED) is 0.243. The van der Waals surface area contributed by atoms with Crippen molar-refractivity contribution in [3.63, 3.8) is 0 Å². The number of pyridine rings is 1. The Morgan fingerprint density at radius 1 is 1.28 bits per heavy atom. The number of hydrogen-bond acceptors (Lipinski definition) is 4. The van der Waals surface area contributed by atoms with Gasteiger partial charge in [0.1, 0.15) is 0 Å². The Morgan fingerprint density at radius 2 is 1.94 bits per heavy atom. The summed E-state index contributed by atoms with van der Waals surface area (Å²) < 4.78 is 7.32. The third kappa shape index (κ3) is 6.13. The van der Waals surface area contributed by atoms with Crippen LogP contribution in [0.2, 0.25) is 0 Å². The van der Waals surface area contributed by atoms with Crippen molar-refractivity contribution in [1.82, 2.24) is 24.8 Å². The van der Waals surface area contributed by atoms with E-state index in [1.807, 2.05) is 28.8 Å². The van der Waals surface area contributed by atoms with Gasteiger partial charge in [-0.1, -0.05) is 12.9 Å². The van der Waals surface area contributed by atoms with E-state index in [-0.39, 0.29) is 41.8 Å². The molecule has 1 fully saturated rings. The fourth-order valence-corrected chi connectivity index (χ4v) is 4.45. The van der Waals surface area contributed by atoms with Gasteiger partial charge in [-0.15, -0.1) is 6.08 Å². The molecule has 0 atom stereocenters. The maximum Gasteiger partial charge on any atom is 1.00 e. The van der Waals surface area contributed by atoms with Crippen molar-refractivity contribution in [2.45, 2.75) is 57.7 Å². The molecule has 8 heteroatoms. The van der Waals surface area contributed by atoms with Crippen LogP contribution in [0.15, 0.2) is 43.1 Å². The first-order valence-corrected chi connectivity index (χ1v) is 10.4. The molecule has 0 aliphatic carbocycles. The summed E-state index contributed by atoms with van der Waals surface area (Å²) in [4.78, 5) is 10.4.